The monoisotopic (exact) mass is 306 g/mol. The van der Waals surface area contributed by atoms with E-state index in [0.29, 0.717) is 13.0 Å². The van der Waals surface area contributed by atoms with Crippen LogP contribution in [0.1, 0.15) is 12.0 Å². The van der Waals surface area contributed by atoms with Crippen molar-refractivity contribution in [1.82, 2.24) is 9.55 Å². The lowest BCUT2D eigenvalue weighted by Gasteiger charge is -2.10. The van der Waals surface area contributed by atoms with Gasteiger partial charge in [-0.1, -0.05) is 6.07 Å². The second-order valence-corrected chi connectivity index (χ2v) is 4.03. The molecule has 1 aromatic carbocycles. The molecular weight excluding hydrogens is 293 g/mol. The molecule has 20 heavy (non-hydrogen) atoms. The smallest absolute Gasteiger partial charge is 0.416 e. The van der Waals surface area contributed by atoms with Crippen LogP contribution < -0.4 is 4.74 Å². The van der Waals surface area contributed by atoms with Gasteiger partial charge in [0, 0.05) is 18.9 Å². The molecule has 0 aliphatic carbocycles. The van der Waals surface area contributed by atoms with Crippen molar-refractivity contribution in [1.29, 1.82) is 0 Å². The van der Waals surface area contributed by atoms with Gasteiger partial charge in [-0.25, -0.2) is 4.98 Å². The van der Waals surface area contributed by atoms with E-state index < -0.39 is 11.7 Å². The standard InChI is InChI=1S/C13H13F3N2O.ClH/c14-13(15,16)11-3-1-4-12(9-11)19-8-2-6-18-7-5-17-10-18;/h1,3-5,7,9-10H,2,6,8H2;1H. The molecule has 0 aliphatic rings. The molecular formula is C13H14ClF3N2O. The summed E-state index contributed by atoms with van der Waals surface area (Å²) < 4.78 is 44.6. The number of imidazole rings is 1. The third-order valence-corrected chi connectivity index (χ3v) is 2.55. The lowest BCUT2D eigenvalue weighted by Crippen LogP contribution is -2.06. The number of nitrogens with zero attached hydrogens (tertiary/aromatic N) is 2. The van der Waals surface area contributed by atoms with Gasteiger partial charge in [0.25, 0.3) is 0 Å². The fourth-order valence-electron chi connectivity index (χ4n) is 1.62. The number of hydrogen-bond acceptors (Lipinski definition) is 2. The normalized spacial score (nSPS) is 10.9. The van der Waals surface area contributed by atoms with Crippen molar-refractivity contribution in [3.63, 3.8) is 0 Å². The van der Waals surface area contributed by atoms with Crippen LogP contribution in [0.25, 0.3) is 0 Å². The van der Waals surface area contributed by atoms with Crippen molar-refractivity contribution in [2.24, 2.45) is 0 Å². The third-order valence-electron chi connectivity index (χ3n) is 2.55. The highest BCUT2D eigenvalue weighted by atomic mass is 35.5. The molecule has 0 unspecified atom stereocenters. The molecule has 0 N–H and O–H groups in total. The second-order valence-electron chi connectivity index (χ2n) is 4.03. The summed E-state index contributed by atoms with van der Waals surface area (Å²) in [5.74, 6) is 0.237. The average molecular weight is 307 g/mol. The summed E-state index contributed by atoms with van der Waals surface area (Å²) in [6.07, 6.45) is 1.55. The highest BCUT2D eigenvalue weighted by Crippen LogP contribution is 2.31. The zero-order chi connectivity index (χ0) is 13.7. The van der Waals surface area contributed by atoms with Crippen LogP contribution in [0.2, 0.25) is 0 Å². The van der Waals surface area contributed by atoms with Crippen molar-refractivity contribution >= 4 is 12.4 Å². The molecule has 0 saturated carbocycles. The van der Waals surface area contributed by atoms with Gasteiger partial charge in [0.1, 0.15) is 5.75 Å². The molecule has 0 fully saturated rings. The summed E-state index contributed by atoms with van der Waals surface area (Å²) in [6, 6.07) is 4.90. The number of hydrogen-bond donors (Lipinski definition) is 0. The molecule has 0 aliphatic heterocycles. The Hall–Kier alpha value is -1.69. The molecule has 3 nitrogen and oxygen atoms in total. The predicted molar refractivity (Wildman–Crippen MR) is 71.0 cm³/mol. The number of benzene rings is 1. The number of aryl methyl sites for hydroxylation is 1. The van der Waals surface area contributed by atoms with Crippen LogP contribution in [0.15, 0.2) is 43.0 Å². The van der Waals surface area contributed by atoms with Crippen LogP contribution in [0.4, 0.5) is 13.2 Å². The molecule has 1 heterocycles. The zero-order valence-corrected chi connectivity index (χ0v) is 11.3. The van der Waals surface area contributed by atoms with Gasteiger partial charge in [-0.05, 0) is 24.6 Å². The summed E-state index contributed by atoms with van der Waals surface area (Å²) in [5, 5.41) is 0. The summed E-state index contributed by atoms with van der Waals surface area (Å²) in [6.45, 7) is 1.08. The van der Waals surface area contributed by atoms with Crippen molar-refractivity contribution in [2.45, 2.75) is 19.1 Å². The number of halogens is 4. The maximum Gasteiger partial charge on any atom is 0.416 e. The molecule has 0 amide bonds. The molecule has 0 spiro atoms. The maximum absolute atomic E-state index is 12.5. The minimum absolute atomic E-state index is 0. The summed E-state index contributed by atoms with van der Waals surface area (Å²) in [5.41, 5.74) is -0.695. The molecule has 110 valence electrons. The van der Waals surface area contributed by atoms with Crippen LogP contribution in [0.5, 0.6) is 5.75 Å². The van der Waals surface area contributed by atoms with Gasteiger partial charge in [0.15, 0.2) is 0 Å². The van der Waals surface area contributed by atoms with E-state index in [9.17, 15) is 13.2 Å². The Balaban J connectivity index is 0.00000200. The topological polar surface area (TPSA) is 27.1 Å². The fourth-order valence-corrected chi connectivity index (χ4v) is 1.62. The van der Waals surface area contributed by atoms with Crippen molar-refractivity contribution in [3.8, 4) is 5.75 Å². The van der Waals surface area contributed by atoms with E-state index in [1.54, 1.807) is 12.5 Å². The number of aromatic nitrogens is 2. The minimum Gasteiger partial charge on any atom is -0.494 e. The Labute approximate surface area is 120 Å². The summed E-state index contributed by atoms with van der Waals surface area (Å²) in [4.78, 5) is 3.89. The van der Waals surface area contributed by atoms with Crippen LogP contribution in [-0.2, 0) is 12.7 Å². The first-order valence-electron chi connectivity index (χ1n) is 5.81. The van der Waals surface area contributed by atoms with Crippen molar-refractivity contribution in [3.05, 3.63) is 48.5 Å². The van der Waals surface area contributed by atoms with Gasteiger partial charge >= 0.3 is 6.18 Å². The Kier molecular flexibility index (Phi) is 5.88. The Morgan fingerprint density at radius 3 is 2.70 bits per heavy atom. The van der Waals surface area contributed by atoms with E-state index in [4.69, 9.17) is 4.74 Å². The van der Waals surface area contributed by atoms with E-state index >= 15 is 0 Å². The number of alkyl halides is 3. The molecule has 2 rings (SSSR count). The first-order valence-corrected chi connectivity index (χ1v) is 5.81. The second kappa shape index (κ2) is 7.19. The van der Waals surface area contributed by atoms with Crippen LogP contribution in [0.3, 0.4) is 0 Å². The lowest BCUT2D eigenvalue weighted by atomic mass is 10.2. The van der Waals surface area contributed by atoms with Gasteiger partial charge in [-0.3, -0.25) is 0 Å². The van der Waals surface area contributed by atoms with Crippen LogP contribution >= 0.6 is 12.4 Å². The molecule has 0 saturated heterocycles. The lowest BCUT2D eigenvalue weighted by molar-refractivity contribution is -0.137. The van der Waals surface area contributed by atoms with Gasteiger partial charge < -0.3 is 9.30 Å². The zero-order valence-electron chi connectivity index (χ0n) is 10.5. The highest BCUT2D eigenvalue weighted by Gasteiger charge is 2.30. The number of rotatable bonds is 5. The molecule has 7 heteroatoms. The Bertz CT molecular complexity index is 515. The van der Waals surface area contributed by atoms with Crippen molar-refractivity contribution < 1.29 is 17.9 Å². The van der Waals surface area contributed by atoms with Crippen LogP contribution in [-0.4, -0.2) is 16.2 Å². The highest BCUT2D eigenvalue weighted by molar-refractivity contribution is 5.85. The SMILES string of the molecule is Cl.FC(F)(F)c1cccc(OCCCn2ccnc2)c1. The van der Waals surface area contributed by atoms with E-state index in [-0.39, 0.29) is 18.2 Å². The average Bonchev–Trinajstić information content (AvgIpc) is 2.87. The van der Waals surface area contributed by atoms with Gasteiger partial charge in [0.2, 0.25) is 0 Å². The fraction of sp³-hybridized carbons (Fsp3) is 0.308. The largest absolute Gasteiger partial charge is 0.494 e. The Morgan fingerprint density at radius 1 is 1.25 bits per heavy atom. The van der Waals surface area contributed by atoms with Gasteiger partial charge in [-0.15, -0.1) is 12.4 Å². The van der Waals surface area contributed by atoms with Crippen molar-refractivity contribution in [2.75, 3.05) is 6.61 Å². The molecule has 0 atom stereocenters. The van der Waals surface area contributed by atoms with E-state index in [2.05, 4.69) is 4.98 Å². The van der Waals surface area contributed by atoms with E-state index in [0.717, 1.165) is 18.7 Å². The Morgan fingerprint density at radius 2 is 2.05 bits per heavy atom. The predicted octanol–water partition coefficient (Wildman–Crippen LogP) is 3.79. The maximum atomic E-state index is 12.5. The van der Waals surface area contributed by atoms with Gasteiger partial charge in [0.05, 0.1) is 18.5 Å². The molecule has 0 bridgehead atoms. The molecule has 0 radical (unpaired) electrons. The van der Waals surface area contributed by atoms with Gasteiger partial charge in [-0.2, -0.15) is 13.2 Å². The summed E-state index contributed by atoms with van der Waals surface area (Å²) >= 11 is 0. The third kappa shape index (κ3) is 4.77. The molecule has 1 aromatic heterocycles. The van der Waals surface area contributed by atoms with Crippen LogP contribution in [0, 0.1) is 0 Å². The summed E-state index contributed by atoms with van der Waals surface area (Å²) in [7, 11) is 0. The van der Waals surface area contributed by atoms with E-state index in [1.165, 1.54) is 12.1 Å². The number of ether oxygens (including phenoxy) is 1. The molecule has 2 aromatic rings. The minimum atomic E-state index is -4.34. The van der Waals surface area contributed by atoms with E-state index in [1.807, 2.05) is 10.8 Å². The first kappa shape index (κ1) is 16.4. The first-order chi connectivity index (χ1) is 9.05. The quantitative estimate of drug-likeness (QED) is 0.786.